The summed E-state index contributed by atoms with van der Waals surface area (Å²) in [6.45, 7) is 8.60. The second kappa shape index (κ2) is 8.97. The van der Waals surface area contributed by atoms with E-state index in [0.29, 0.717) is 24.6 Å². The minimum Gasteiger partial charge on any atom is -0.436 e. The van der Waals surface area contributed by atoms with E-state index in [1.807, 2.05) is 60.7 Å². The summed E-state index contributed by atoms with van der Waals surface area (Å²) in [5, 5.41) is 0. The maximum absolute atomic E-state index is 6.25. The third-order valence-corrected chi connectivity index (χ3v) is 6.35. The van der Waals surface area contributed by atoms with Crippen LogP contribution in [0.15, 0.2) is 106 Å². The van der Waals surface area contributed by atoms with Gasteiger partial charge in [0.15, 0.2) is 11.2 Å². The maximum Gasteiger partial charge on any atom is 0.227 e. The molecule has 2 heterocycles. The molecular formula is C32H26N2O2. The molecule has 0 saturated heterocycles. The van der Waals surface area contributed by atoms with Crippen LogP contribution >= 0.6 is 0 Å². The molecule has 4 nitrogen and oxygen atoms in total. The van der Waals surface area contributed by atoms with Crippen LogP contribution in [0.1, 0.15) is 22.3 Å². The van der Waals surface area contributed by atoms with Crippen LogP contribution in [0.4, 0.5) is 0 Å². The lowest BCUT2D eigenvalue weighted by atomic mass is 9.97. The van der Waals surface area contributed by atoms with Crippen molar-refractivity contribution in [3.63, 3.8) is 0 Å². The standard InChI is InChI=1S/C32H26N2O2/c1-20(14-25-16-21(2)18-27-29(25)35-31(33-27)23-10-6-4-7-11-23)15-26-17-22(3)19-28-30(26)36-32(34-28)24-12-8-5-9-13-24/h4-13,16-19H,1,14-15H2,2-3H3. The highest BCUT2D eigenvalue weighted by Gasteiger charge is 2.16. The van der Waals surface area contributed by atoms with E-state index in [1.165, 1.54) is 0 Å². The molecule has 0 radical (unpaired) electrons. The lowest BCUT2D eigenvalue weighted by molar-refractivity contribution is 0.614. The Kier molecular flexibility index (Phi) is 5.49. The summed E-state index contributed by atoms with van der Waals surface area (Å²) < 4.78 is 12.5. The van der Waals surface area contributed by atoms with Crippen molar-refractivity contribution in [3.8, 4) is 22.9 Å². The number of nitrogens with zero attached hydrogens (tertiary/aromatic N) is 2. The molecule has 4 aromatic carbocycles. The molecule has 2 aromatic heterocycles. The van der Waals surface area contributed by atoms with Gasteiger partial charge in [-0.2, -0.15) is 0 Å². The Hall–Kier alpha value is -4.44. The molecule has 0 unspecified atom stereocenters. The molecule has 4 heteroatoms. The van der Waals surface area contributed by atoms with Crippen LogP contribution in [-0.4, -0.2) is 9.97 Å². The zero-order valence-electron chi connectivity index (χ0n) is 20.4. The zero-order valence-corrected chi connectivity index (χ0v) is 20.4. The van der Waals surface area contributed by atoms with Crippen molar-refractivity contribution in [2.45, 2.75) is 26.7 Å². The molecule has 0 aliphatic rings. The van der Waals surface area contributed by atoms with Crippen LogP contribution in [0, 0.1) is 13.8 Å². The second-order valence-corrected chi connectivity index (χ2v) is 9.42. The first-order valence-electron chi connectivity index (χ1n) is 12.1. The van der Waals surface area contributed by atoms with Gasteiger partial charge in [0.2, 0.25) is 11.8 Å². The largest absolute Gasteiger partial charge is 0.436 e. The molecular weight excluding hydrogens is 444 g/mol. The Morgan fingerprint density at radius 2 is 1.06 bits per heavy atom. The highest BCUT2D eigenvalue weighted by Crippen LogP contribution is 2.32. The number of hydrogen-bond donors (Lipinski definition) is 0. The fourth-order valence-electron chi connectivity index (χ4n) is 4.79. The Bertz CT molecular complexity index is 1580. The Balaban J connectivity index is 1.32. The minimum atomic E-state index is 0.638. The first-order valence-corrected chi connectivity index (χ1v) is 12.1. The zero-order chi connectivity index (χ0) is 24.6. The van der Waals surface area contributed by atoms with Crippen LogP contribution in [0.2, 0.25) is 0 Å². The van der Waals surface area contributed by atoms with Crippen LogP contribution in [0.25, 0.3) is 45.1 Å². The fraction of sp³-hybridized carbons (Fsp3) is 0.125. The van der Waals surface area contributed by atoms with E-state index >= 15 is 0 Å². The molecule has 0 N–H and O–H groups in total. The highest BCUT2D eigenvalue weighted by molar-refractivity contribution is 5.82. The second-order valence-electron chi connectivity index (χ2n) is 9.42. The molecule has 6 aromatic rings. The summed E-state index contributed by atoms with van der Waals surface area (Å²) in [6, 6.07) is 28.5. The monoisotopic (exact) mass is 470 g/mol. The first kappa shape index (κ1) is 22.1. The van der Waals surface area contributed by atoms with E-state index in [0.717, 1.165) is 61.2 Å². The van der Waals surface area contributed by atoms with Crippen LogP contribution in [0.5, 0.6) is 0 Å². The topological polar surface area (TPSA) is 52.1 Å². The Morgan fingerprint density at radius 3 is 1.47 bits per heavy atom. The summed E-state index contributed by atoms with van der Waals surface area (Å²) in [6.07, 6.45) is 1.38. The van der Waals surface area contributed by atoms with Crippen molar-refractivity contribution < 1.29 is 8.83 Å². The van der Waals surface area contributed by atoms with E-state index in [-0.39, 0.29) is 0 Å². The van der Waals surface area contributed by atoms with E-state index in [1.54, 1.807) is 0 Å². The quantitative estimate of drug-likeness (QED) is 0.230. The molecule has 0 aliphatic heterocycles. The summed E-state index contributed by atoms with van der Waals surface area (Å²) >= 11 is 0. The molecule has 0 saturated carbocycles. The number of allylic oxidation sites excluding steroid dienone is 1. The van der Waals surface area contributed by atoms with Crippen molar-refractivity contribution in [1.29, 1.82) is 0 Å². The minimum absolute atomic E-state index is 0.638. The number of oxazole rings is 2. The van der Waals surface area contributed by atoms with Gasteiger partial charge in [0, 0.05) is 22.3 Å². The lowest BCUT2D eigenvalue weighted by Gasteiger charge is -2.09. The predicted molar refractivity (Wildman–Crippen MR) is 145 cm³/mol. The molecule has 176 valence electrons. The van der Waals surface area contributed by atoms with Gasteiger partial charge >= 0.3 is 0 Å². The Morgan fingerprint density at radius 1 is 0.639 bits per heavy atom. The smallest absolute Gasteiger partial charge is 0.227 e. The number of hydrogen-bond acceptors (Lipinski definition) is 4. The summed E-state index contributed by atoms with van der Waals surface area (Å²) in [4.78, 5) is 9.52. The van der Waals surface area contributed by atoms with Crippen molar-refractivity contribution in [2.75, 3.05) is 0 Å². The predicted octanol–water partition coefficient (Wildman–Crippen LogP) is 8.26. The van der Waals surface area contributed by atoms with Gasteiger partial charge in [-0.3, -0.25) is 0 Å². The van der Waals surface area contributed by atoms with E-state index in [2.05, 4.69) is 44.7 Å². The highest BCUT2D eigenvalue weighted by atomic mass is 16.4. The summed E-state index contributed by atoms with van der Waals surface area (Å²) in [5.41, 5.74) is 10.9. The molecule has 6 rings (SSSR count). The van der Waals surface area contributed by atoms with Gasteiger partial charge in [0.05, 0.1) is 0 Å². The number of fused-ring (bicyclic) bond motifs is 2. The van der Waals surface area contributed by atoms with E-state index in [4.69, 9.17) is 18.8 Å². The molecule has 0 fully saturated rings. The van der Waals surface area contributed by atoms with Gasteiger partial charge in [-0.05, 0) is 74.2 Å². The molecule has 0 aliphatic carbocycles. The van der Waals surface area contributed by atoms with Gasteiger partial charge in [-0.25, -0.2) is 9.97 Å². The van der Waals surface area contributed by atoms with Crippen LogP contribution in [0.3, 0.4) is 0 Å². The SMILES string of the molecule is C=C(Cc1cc(C)cc2nc(-c3ccccc3)oc12)Cc1cc(C)cc2nc(-c3ccccc3)oc12. The van der Waals surface area contributed by atoms with Gasteiger partial charge in [-0.15, -0.1) is 0 Å². The van der Waals surface area contributed by atoms with Gasteiger partial charge in [0.25, 0.3) is 0 Å². The van der Waals surface area contributed by atoms with Crippen molar-refractivity contribution in [1.82, 2.24) is 9.97 Å². The van der Waals surface area contributed by atoms with Crippen molar-refractivity contribution in [2.24, 2.45) is 0 Å². The Labute approximate surface area is 209 Å². The molecule has 0 amide bonds. The molecule has 0 atom stereocenters. The van der Waals surface area contributed by atoms with E-state index < -0.39 is 0 Å². The third-order valence-electron chi connectivity index (χ3n) is 6.35. The van der Waals surface area contributed by atoms with Gasteiger partial charge in [0.1, 0.15) is 11.0 Å². The van der Waals surface area contributed by atoms with Gasteiger partial charge < -0.3 is 8.83 Å². The molecule has 0 bridgehead atoms. The van der Waals surface area contributed by atoms with Crippen molar-refractivity contribution >= 4 is 22.2 Å². The molecule has 0 spiro atoms. The summed E-state index contributed by atoms with van der Waals surface area (Å²) in [5.74, 6) is 1.28. The number of aryl methyl sites for hydroxylation is 2. The van der Waals surface area contributed by atoms with Crippen LogP contribution in [-0.2, 0) is 12.8 Å². The maximum atomic E-state index is 6.25. The van der Waals surface area contributed by atoms with Gasteiger partial charge in [-0.1, -0.05) is 60.7 Å². The lowest BCUT2D eigenvalue weighted by Crippen LogP contribution is -1.97. The fourth-order valence-corrected chi connectivity index (χ4v) is 4.79. The first-order chi connectivity index (χ1) is 17.5. The number of rotatable bonds is 6. The third kappa shape index (κ3) is 4.22. The number of aromatic nitrogens is 2. The summed E-state index contributed by atoms with van der Waals surface area (Å²) in [7, 11) is 0. The normalized spacial score (nSPS) is 11.4. The van der Waals surface area contributed by atoms with E-state index in [9.17, 15) is 0 Å². The van der Waals surface area contributed by atoms with Crippen molar-refractivity contribution in [3.05, 3.63) is 119 Å². The molecule has 36 heavy (non-hydrogen) atoms. The average Bonchev–Trinajstić information content (AvgIpc) is 3.50. The van der Waals surface area contributed by atoms with Crippen LogP contribution < -0.4 is 0 Å². The average molecular weight is 471 g/mol. The number of benzene rings is 4.